The van der Waals surface area contributed by atoms with Crippen molar-refractivity contribution >= 4 is 29.0 Å². The van der Waals surface area contributed by atoms with Crippen LogP contribution >= 0.6 is 0 Å². The molecule has 0 spiro atoms. The van der Waals surface area contributed by atoms with Crippen molar-refractivity contribution < 1.29 is 23.8 Å². The summed E-state index contributed by atoms with van der Waals surface area (Å²) in [5.41, 5.74) is 7.90. The Morgan fingerprint density at radius 1 is 1.24 bits per heavy atom. The molecule has 11 heteroatoms. The number of alkyl halides is 1. The third-order valence-electron chi connectivity index (χ3n) is 6.30. The normalized spacial score (nSPS) is 21.4. The molecule has 1 amide bonds. The molecule has 3 atom stereocenters. The summed E-state index contributed by atoms with van der Waals surface area (Å²) in [5, 5.41) is 16.5. The number of nitrogens with two attached hydrogens (primary N) is 1. The molecule has 0 saturated carbocycles. The molecule has 2 aromatic rings. The van der Waals surface area contributed by atoms with Gasteiger partial charge in [-0.05, 0) is 51.5 Å². The van der Waals surface area contributed by atoms with E-state index >= 15 is 4.39 Å². The van der Waals surface area contributed by atoms with Gasteiger partial charge in [0.2, 0.25) is 0 Å². The van der Waals surface area contributed by atoms with Gasteiger partial charge in [-0.1, -0.05) is 0 Å². The summed E-state index contributed by atoms with van der Waals surface area (Å²) in [6.07, 6.45) is -1.30. The third kappa shape index (κ3) is 7.21. The summed E-state index contributed by atoms with van der Waals surface area (Å²) in [7, 11) is 0. The number of aliphatic hydroxyl groups is 1. The largest absolute Gasteiger partial charge is 0.444 e. The second-order valence-corrected chi connectivity index (χ2v) is 10.4. The van der Waals surface area contributed by atoms with E-state index < -0.39 is 30.1 Å². The Labute approximate surface area is 216 Å². The summed E-state index contributed by atoms with van der Waals surface area (Å²) in [6, 6.07) is 9.14. The highest BCUT2D eigenvalue weighted by Gasteiger charge is 2.34. The Morgan fingerprint density at radius 3 is 2.57 bits per heavy atom. The zero-order chi connectivity index (χ0) is 26.6. The van der Waals surface area contributed by atoms with Crippen LogP contribution in [0.15, 0.2) is 36.5 Å². The minimum Gasteiger partial charge on any atom is -0.444 e. The first kappa shape index (κ1) is 26.9. The zero-order valence-electron chi connectivity index (χ0n) is 21.6. The van der Waals surface area contributed by atoms with E-state index in [0.29, 0.717) is 30.0 Å². The monoisotopic (exact) mass is 516 g/mol. The van der Waals surface area contributed by atoms with E-state index in [4.69, 9.17) is 15.2 Å². The molecule has 2 fully saturated rings. The first-order chi connectivity index (χ1) is 17.6. The van der Waals surface area contributed by atoms with Crippen molar-refractivity contribution in [2.45, 2.75) is 51.2 Å². The van der Waals surface area contributed by atoms with Crippen LogP contribution in [0.2, 0.25) is 0 Å². The summed E-state index contributed by atoms with van der Waals surface area (Å²) in [5.74, 6) is 0.521. The Morgan fingerprint density at radius 2 is 1.95 bits per heavy atom. The molecule has 1 unspecified atom stereocenters. The number of pyridine rings is 1. The van der Waals surface area contributed by atoms with Crippen molar-refractivity contribution in [1.82, 2.24) is 9.88 Å². The van der Waals surface area contributed by atoms with Crippen molar-refractivity contribution in [1.29, 1.82) is 0 Å². The second kappa shape index (κ2) is 11.5. The Bertz CT molecular complexity index is 1060. The van der Waals surface area contributed by atoms with Crippen LogP contribution in [0.25, 0.3) is 0 Å². The molecule has 3 heterocycles. The van der Waals surface area contributed by atoms with Crippen LogP contribution in [-0.2, 0) is 9.47 Å². The minimum atomic E-state index is -1.33. The first-order valence-electron chi connectivity index (χ1n) is 12.6. The van der Waals surface area contributed by atoms with Crippen molar-refractivity contribution in [3.63, 3.8) is 0 Å². The van der Waals surface area contributed by atoms with Crippen molar-refractivity contribution in [2.75, 3.05) is 54.9 Å². The molecule has 10 nitrogen and oxygen atoms in total. The van der Waals surface area contributed by atoms with Gasteiger partial charge in [-0.3, -0.25) is 0 Å². The Hall–Kier alpha value is -3.15. The average Bonchev–Trinajstić information content (AvgIpc) is 2.85. The Balaban J connectivity index is 1.42. The van der Waals surface area contributed by atoms with Crippen LogP contribution in [0, 0.1) is 0 Å². The highest BCUT2D eigenvalue weighted by atomic mass is 19.1. The molecule has 0 radical (unpaired) electrons. The number of anilines is 4. The summed E-state index contributed by atoms with van der Waals surface area (Å²) >= 11 is 0. The molecular weight excluding hydrogens is 479 g/mol. The molecular formula is C26H37FN6O4. The van der Waals surface area contributed by atoms with Gasteiger partial charge in [0.25, 0.3) is 0 Å². The summed E-state index contributed by atoms with van der Waals surface area (Å²) < 4.78 is 25.9. The van der Waals surface area contributed by atoms with Crippen LogP contribution < -0.4 is 21.3 Å². The van der Waals surface area contributed by atoms with E-state index in [0.717, 1.165) is 37.7 Å². The lowest BCUT2D eigenvalue weighted by atomic mass is 10.0. The predicted molar refractivity (Wildman–Crippen MR) is 141 cm³/mol. The molecule has 202 valence electrons. The predicted octanol–water partition coefficient (Wildman–Crippen LogP) is 3.37. The van der Waals surface area contributed by atoms with Gasteiger partial charge < -0.3 is 40.7 Å². The van der Waals surface area contributed by atoms with Gasteiger partial charge in [-0.2, -0.15) is 0 Å². The van der Waals surface area contributed by atoms with Crippen LogP contribution in [-0.4, -0.2) is 78.3 Å². The smallest absolute Gasteiger partial charge is 0.410 e. The van der Waals surface area contributed by atoms with Gasteiger partial charge in [0, 0.05) is 54.5 Å². The van der Waals surface area contributed by atoms with Gasteiger partial charge >= 0.3 is 6.09 Å². The minimum absolute atomic E-state index is 0.0845. The fourth-order valence-electron chi connectivity index (χ4n) is 4.38. The molecule has 1 aromatic carbocycles. The van der Waals surface area contributed by atoms with Gasteiger partial charge in [-0.25, -0.2) is 14.2 Å². The number of nitrogens with zero attached hydrogens (tertiary/aromatic N) is 3. The number of piperidine rings is 1. The van der Waals surface area contributed by atoms with E-state index in [1.165, 1.54) is 11.1 Å². The SMILES string of the molecule is CC(C)(C)OC(=O)N1CC[C@@H](Nc2cc(Nc3ccc(N4CCOCC4)cc3)ncc2C(N)O)[C@@H](F)C1. The number of likely N-dealkylation sites (tertiary alicyclic amines) is 1. The quantitative estimate of drug-likeness (QED) is 0.428. The van der Waals surface area contributed by atoms with E-state index in [2.05, 4.69) is 20.5 Å². The maximum Gasteiger partial charge on any atom is 0.410 e. The maximum absolute atomic E-state index is 15.1. The van der Waals surface area contributed by atoms with Crippen LogP contribution in [0.3, 0.4) is 0 Å². The van der Waals surface area contributed by atoms with E-state index in [1.54, 1.807) is 26.8 Å². The number of carbonyl (C=O) groups excluding carboxylic acids is 1. The first-order valence-corrected chi connectivity index (χ1v) is 12.6. The van der Waals surface area contributed by atoms with Crippen molar-refractivity contribution in [3.05, 3.63) is 42.1 Å². The number of rotatable bonds is 6. The highest BCUT2D eigenvalue weighted by Crippen LogP contribution is 2.29. The van der Waals surface area contributed by atoms with Gasteiger partial charge in [-0.15, -0.1) is 0 Å². The third-order valence-corrected chi connectivity index (χ3v) is 6.30. The standard InChI is InChI=1S/C26H37FN6O4/c1-26(2,3)37-25(35)33-9-8-21(20(27)16-33)31-22-14-23(29-15-19(22)24(28)34)30-17-4-6-18(7-5-17)32-10-12-36-13-11-32/h4-7,14-15,20-21,24,34H,8-13,16,28H2,1-3H3,(H2,29,30,31)/t20-,21+,24?/m0/s1. The van der Waals surface area contributed by atoms with Crippen molar-refractivity contribution in [3.8, 4) is 0 Å². The van der Waals surface area contributed by atoms with Gasteiger partial charge in [0.15, 0.2) is 0 Å². The molecule has 2 saturated heterocycles. The van der Waals surface area contributed by atoms with Crippen LogP contribution in [0.4, 0.5) is 32.1 Å². The number of amides is 1. The summed E-state index contributed by atoms with van der Waals surface area (Å²) in [4.78, 5) is 20.4. The summed E-state index contributed by atoms with van der Waals surface area (Å²) in [6.45, 7) is 8.75. The zero-order valence-corrected chi connectivity index (χ0v) is 21.6. The second-order valence-electron chi connectivity index (χ2n) is 10.4. The van der Waals surface area contributed by atoms with E-state index in [-0.39, 0.29) is 6.54 Å². The van der Waals surface area contributed by atoms with Crippen molar-refractivity contribution in [2.24, 2.45) is 5.73 Å². The number of benzene rings is 1. The van der Waals surface area contributed by atoms with E-state index in [9.17, 15) is 9.90 Å². The number of hydrogen-bond acceptors (Lipinski definition) is 9. The number of nitrogens with one attached hydrogen (secondary N) is 2. The molecule has 1 aromatic heterocycles. The number of ether oxygens (including phenoxy) is 2. The molecule has 2 aliphatic rings. The van der Waals surface area contributed by atoms with Gasteiger partial charge in [0.1, 0.15) is 23.8 Å². The number of aliphatic hydroxyl groups excluding tert-OH is 1. The fourth-order valence-corrected chi connectivity index (χ4v) is 4.38. The Kier molecular flexibility index (Phi) is 8.35. The molecule has 4 rings (SSSR count). The lowest BCUT2D eigenvalue weighted by Crippen LogP contribution is -2.51. The van der Waals surface area contributed by atoms with E-state index in [1.807, 2.05) is 24.3 Å². The average molecular weight is 517 g/mol. The number of morpholine rings is 1. The number of halogens is 1. The lowest BCUT2D eigenvalue weighted by Gasteiger charge is -2.36. The number of aromatic nitrogens is 1. The molecule has 37 heavy (non-hydrogen) atoms. The highest BCUT2D eigenvalue weighted by molar-refractivity contribution is 5.69. The fraction of sp³-hybridized carbons (Fsp3) is 0.538. The molecule has 2 aliphatic heterocycles. The number of carbonyl (C=O) groups is 1. The molecule has 5 N–H and O–H groups in total. The maximum atomic E-state index is 15.1. The number of hydrogen-bond donors (Lipinski definition) is 4. The van der Waals surface area contributed by atoms with Crippen LogP contribution in [0.1, 0.15) is 39.0 Å². The topological polar surface area (TPSA) is 125 Å². The lowest BCUT2D eigenvalue weighted by molar-refractivity contribution is 0.0125. The van der Waals surface area contributed by atoms with Crippen LogP contribution in [0.5, 0.6) is 0 Å². The van der Waals surface area contributed by atoms with Gasteiger partial charge in [0.05, 0.1) is 25.8 Å². The molecule has 0 aliphatic carbocycles. The molecule has 0 bridgehead atoms.